The van der Waals surface area contributed by atoms with Crippen molar-refractivity contribution in [2.45, 2.75) is 19.3 Å². The SMILES string of the molecule is COc1ccccc1NC(=O)NCC(C)(C)c1ccc(Cl)cc1. The van der Waals surface area contributed by atoms with E-state index >= 15 is 0 Å². The third-order valence-corrected chi connectivity index (χ3v) is 3.92. The van der Waals surface area contributed by atoms with Crippen LogP contribution in [0.5, 0.6) is 5.75 Å². The van der Waals surface area contributed by atoms with Gasteiger partial charge in [-0.3, -0.25) is 0 Å². The quantitative estimate of drug-likeness (QED) is 0.850. The summed E-state index contributed by atoms with van der Waals surface area (Å²) < 4.78 is 5.22. The standard InChI is InChI=1S/C18H21ClN2O2/c1-18(2,13-8-10-14(19)11-9-13)12-20-17(22)21-15-6-4-5-7-16(15)23-3/h4-11H,12H2,1-3H3,(H2,20,21,22). The van der Waals surface area contributed by atoms with Crippen LogP contribution in [0.4, 0.5) is 10.5 Å². The molecule has 2 aromatic carbocycles. The summed E-state index contributed by atoms with van der Waals surface area (Å²) in [5.74, 6) is 0.625. The molecule has 122 valence electrons. The minimum absolute atomic E-state index is 0.206. The molecular formula is C18H21ClN2O2. The third-order valence-electron chi connectivity index (χ3n) is 3.67. The summed E-state index contributed by atoms with van der Waals surface area (Å²) in [6.07, 6.45) is 0. The van der Waals surface area contributed by atoms with Gasteiger partial charge in [0.05, 0.1) is 12.8 Å². The van der Waals surface area contributed by atoms with Gasteiger partial charge in [-0.05, 0) is 29.8 Å². The van der Waals surface area contributed by atoms with Crippen molar-refractivity contribution >= 4 is 23.3 Å². The normalized spacial score (nSPS) is 11.0. The van der Waals surface area contributed by atoms with E-state index in [4.69, 9.17) is 16.3 Å². The largest absolute Gasteiger partial charge is 0.495 e. The van der Waals surface area contributed by atoms with Gasteiger partial charge in [0.2, 0.25) is 0 Å². The molecule has 0 saturated carbocycles. The molecule has 0 aromatic heterocycles. The number of anilines is 1. The zero-order chi connectivity index (χ0) is 16.9. The first-order valence-electron chi connectivity index (χ1n) is 7.36. The summed E-state index contributed by atoms with van der Waals surface area (Å²) in [6.45, 7) is 4.63. The Hall–Kier alpha value is -2.20. The van der Waals surface area contributed by atoms with Crippen molar-refractivity contribution in [3.05, 3.63) is 59.1 Å². The fourth-order valence-corrected chi connectivity index (χ4v) is 2.34. The molecule has 2 aromatic rings. The van der Waals surface area contributed by atoms with E-state index in [1.807, 2.05) is 36.4 Å². The Labute approximate surface area is 141 Å². The van der Waals surface area contributed by atoms with Crippen molar-refractivity contribution in [3.63, 3.8) is 0 Å². The summed E-state index contributed by atoms with van der Waals surface area (Å²) in [4.78, 5) is 12.1. The maximum Gasteiger partial charge on any atom is 0.319 e. The molecule has 0 radical (unpaired) electrons. The first kappa shape index (κ1) is 17.2. The second-order valence-corrected chi connectivity index (χ2v) is 6.34. The highest BCUT2D eigenvalue weighted by Gasteiger charge is 2.21. The Kier molecular flexibility index (Phi) is 5.50. The van der Waals surface area contributed by atoms with Crippen molar-refractivity contribution in [1.29, 1.82) is 0 Å². The molecule has 2 amide bonds. The smallest absolute Gasteiger partial charge is 0.319 e. The van der Waals surface area contributed by atoms with Crippen molar-refractivity contribution in [2.24, 2.45) is 0 Å². The molecule has 2 rings (SSSR count). The number of carbonyl (C=O) groups excluding carboxylic acids is 1. The lowest BCUT2D eigenvalue weighted by atomic mass is 9.85. The number of halogens is 1. The number of nitrogens with one attached hydrogen (secondary N) is 2. The Morgan fingerprint density at radius 3 is 2.43 bits per heavy atom. The molecule has 0 atom stereocenters. The van der Waals surface area contributed by atoms with Crippen molar-refractivity contribution in [3.8, 4) is 5.75 Å². The van der Waals surface area contributed by atoms with Crippen LogP contribution in [0.15, 0.2) is 48.5 Å². The molecule has 0 saturated heterocycles. The van der Waals surface area contributed by atoms with Gasteiger partial charge >= 0.3 is 6.03 Å². The first-order valence-corrected chi connectivity index (χ1v) is 7.74. The Bertz CT molecular complexity index is 669. The second-order valence-electron chi connectivity index (χ2n) is 5.90. The summed E-state index contributed by atoms with van der Waals surface area (Å²) >= 11 is 5.92. The number of amides is 2. The molecule has 2 N–H and O–H groups in total. The average molecular weight is 333 g/mol. The predicted molar refractivity (Wildman–Crippen MR) is 94.5 cm³/mol. The molecule has 4 nitrogen and oxygen atoms in total. The van der Waals surface area contributed by atoms with Crippen LogP contribution in [0, 0.1) is 0 Å². The fraction of sp³-hybridized carbons (Fsp3) is 0.278. The minimum Gasteiger partial charge on any atom is -0.495 e. The van der Waals surface area contributed by atoms with E-state index in [0.29, 0.717) is 23.0 Å². The number of para-hydroxylation sites is 2. The Balaban J connectivity index is 1.96. The van der Waals surface area contributed by atoms with Crippen LogP contribution >= 0.6 is 11.6 Å². The summed E-state index contributed by atoms with van der Waals surface area (Å²) in [6, 6.07) is 14.7. The van der Waals surface area contributed by atoms with E-state index in [-0.39, 0.29) is 11.4 Å². The lowest BCUT2D eigenvalue weighted by Gasteiger charge is -2.26. The molecule has 0 unspecified atom stereocenters. The fourth-order valence-electron chi connectivity index (χ4n) is 2.22. The molecular weight excluding hydrogens is 312 g/mol. The highest BCUT2D eigenvalue weighted by molar-refractivity contribution is 6.30. The van der Waals surface area contributed by atoms with Crippen LogP contribution in [-0.4, -0.2) is 19.7 Å². The van der Waals surface area contributed by atoms with Crippen molar-refractivity contribution in [1.82, 2.24) is 5.32 Å². The van der Waals surface area contributed by atoms with Crippen molar-refractivity contribution < 1.29 is 9.53 Å². The second kappa shape index (κ2) is 7.38. The van der Waals surface area contributed by atoms with E-state index in [2.05, 4.69) is 24.5 Å². The molecule has 0 aliphatic heterocycles. The van der Waals surface area contributed by atoms with Gasteiger partial charge in [-0.2, -0.15) is 0 Å². The molecule has 0 aliphatic rings. The number of ether oxygens (including phenoxy) is 1. The van der Waals surface area contributed by atoms with Gasteiger partial charge in [-0.1, -0.05) is 49.7 Å². The van der Waals surface area contributed by atoms with Gasteiger partial charge in [0.25, 0.3) is 0 Å². The van der Waals surface area contributed by atoms with Crippen LogP contribution in [0.3, 0.4) is 0 Å². The molecule has 0 heterocycles. The van der Waals surface area contributed by atoms with Gasteiger partial charge in [0.15, 0.2) is 0 Å². The number of urea groups is 1. The molecule has 5 heteroatoms. The summed E-state index contributed by atoms with van der Waals surface area (Å²) in [5, 5.41) is 6.40. The zero-order valence-corrected chi connectivity index (χ0v) is 14.3. The lowest BCUT2D eigenvalue weighted by molar-refractivity contribution is 0.249. The van der Waals surface area contributed by atoms with Gasteiger partial charge in [0, 0.05) is 17.0 Å². The van der Waals surface area contributed by atoms with E-state index in [1.54, 1.807) is 19.2 Å². The number of carbonyl (C=O) groups is 1. The van der Waals surface area contributed by atoms with E-state index in [9.17, 15) is 4.79 Å². The third kappa shape index (κ3) is 4.63. The minimum atomic E-state index is -0.267. The van der Waals surface area contributed by atoms with E-state index in [0.717, 1.165) is 5.56 Å². The van der Waals surface area contributed by atoms with Crippen LogP contribution < -0.4 is 15.4 Å². The highest BCUT2D eigenvalue weighted by atomic mass is 35.5. The number of rotatable bonds is 5. The topological polar surface area (TPSA) is 50.4 Å². The molecule has 23 heavy (non-hydrogen) atoms. The number of hydrogen-bond donors (Lipinski definition) is 2. The zero-order valence-electron chi connectivity index (χ0n) is 13.5. The molecule has 0 aliphatic carbocycles. The number of methoxy groups -OCH3 is 1. The van der Waals surface area contributed by atoms with Crippen molar-refractivity contribution in [2.75, 3.05) is 19.0 Å². The van der Waals surface area contributed by atoms with Gasteiger partial charge in [-0.25, -0.2) is 4.79 Å². The van der Waals surface area contributed by atoms with Crippen LogP contribution in [-0.2, 0) is 5.41 Å². The maximum absolute atomic E-state index is 12.1. The Morgan fingerprint density at radius 2 is 1.78 bits per heavy atom. The van der Waals surface area contributed by atoms with Gasteiger partial charge in [-0.15, -0.1) is 0 Å². The summed E-state index contributed by atoms with van der Waals surface area (Å²) in [5.41, 5.74) is 1.54. The van der Waals surface area contributed by atoms with Gasteiger partial charge < -0.3 is 15.4 Å². The van der Waals surface area contributed by atoms with E-state index < -0.39 is 0 Å². The molecule has 0 fully saturated rings. The molecule has 0 bridgehead atoms. The Morgan fingerprint density at radius 1 is 1.13 bits per heavy atom. The van der Waals surface area contributed by atoms with E-state index in [1.165, 1.54) is 0 Å². The monoisotopic (exact) mass is 332 g/mol. The first-order chi connectivity index (χ1) is 10.9. The van der Waals surface area contributed by atoms with Crippen LogP contribution in [0.25, 0.3) is 0 Å². The predicted octanol–water partition coefficient (Wildman–Crippen LogP) is 4.45. The lowest BCUT2D eigenvalue weighted by Crippen LogP contribution is -2.39. The van der Waals surface area contributed by atoms with Crippen LogP contribution in [0.1, 0.15) is 19.4 Å². The summed E-state index contributed by atoms with van der Waals surface area (Å²) in [7, 11) is 1.57. The maximum atomic E-state index is 12.1. The molecule has 0 spiro atoms. The van der Waals surface area contributed by atoms with Gasteiger partial charge in [0.1, 0.15) is 5.75 Å². The number of benzene rings is 2. The average Bonchev–Trinajstić information content (AvgIpc) is 2.54. The van der Waals surface area contributed by atoms with Crippen LogP contribution in [0.2, 0.25) is 5.02 Å². The highest BCUT2D eigenvalue weighted by Crippen LogP contribution is 2.25. The number of hydrogen-bond acceptors (Lipinski definition) is 2.